The fourth-order valence-corrected chi connectivity index (χ4v) is 1.08. The molecule has 0 saturated heterocycles. The van der Waals surface area contributed by atoms with Crippen molar-refractivity contribution in [3.8, 4) is 0 Å². The first kappa shape index (κ1) is 10.9. The number of hydrogen-bond acceptors (Lipinski definition) is 4. The normalized spacial score (nSPS) is 12.7. The van der Waals surface area contributed by atoms with Crippen LogP contribution in [-0.4, -0.2) is 36.1 Å². The Bertz CT molecular complexity index is 285. The topological polar surface area (TPSA) is 53.4 Å². The molecule has 0 aliphatic rings. The summed E-state index contributed by atoms with van der Waals surface area (Å²) >= 11 is 0. The molecule has 0 aliphatic heterocycles. The zero-order chi connectivity index (χ0) is 10.4. The first-order valence-electron chi connectivity index (χ1n) is 4.43. The van der Waals surface area contributed by atoms with Crippen LogP contribution in [0, 0.1) is 0 Å². The molecule has 0 spiro atoms. The highest BCUT2D eigenvalue weighted by molar-refractivity contribution is 5.71. The van der Waals surface area contributed by atoms with E-state index in [1.54, 1.807) is 24.1 Å². The summed E-state index contributed by atoms with van der Waals surface area (Å²) in [7, 11) is 1.57. The molecule has 0 saturated carbocycles. The van der Waals surface area contributed by atoms with Crippen molar-refractivity contribution in [2.75, 3.05) is 13.7 Å². The molecule has 1 rings (SSSR count). The Morgan fingerprint density at radius 3 is 3.00 bits per heavy atom. The zero-order valence-corrected chi connectivity index (χ0v) is 8.34. The Kier molecular flexibility index (Phi) is 4.28. The Balaban J connectivity index is 2.52. The molecule has 1 aromatic heterocycles. The molecular weight excluding hydrogens is 184 g/mol. The minimum absolute atomic E-state index is 0.320. The van der Waals surface area contributed by atoms with Crippen molar-refractivity contribution in [1.29, 1.82) is 0 Å². The summed E-state index contributed by atoms with van der Waals surface area (Å²) in [5.41, 5.74) is 0.413. The van der Waals surface area contributed by atoms with Gasteiger partial charge >= 0.3 is 0 Å². The van der Waals surface area contributed by atoms with Crippen LogP contribution in [0.1, 0.15) is 17.4 Å². The number of methoxy groups -OCH3 is 1. The number of ether oxygens (including phenoxy) is 2. The highest BCUT2D eigenvalue weighted by Crippen LogP contribution is 1.99. The van der Waals surface area contributed by atoms with E-state index in [2.05, 4.69) is 5.10 Å². The predicted molar refractivity (Wildman–Crippen MR) is 50.0 cm³/mol. The Hall–Kier alpha value is -1.20. The number of nitrogens with zero attached hydrogens (tertiary/aromatic N) is 2. The van der Waals surface area contributed by atoms with Gasteiger partial charge in [-0.05, 0) is 13.0 Å². The third kappa shape index (κ3) is 2.93. The van der Waals surface area contributed by atoms with E-state index in [9.17, 15) is 4.79 Å². The maximum atomic E-state index is 10.4. The average Bonchev–Trinajstić information content (AvgIpc) is 2.65. The first-order chi connectivity index (χ1) is 6.80. The molecule has 0 bridgehead atoms. The van der Waals surface area contributed by atoms with Crippen molar-refractivity contribution in [2.24, 2.45) is 0 Å². The second-order valence-electron chi connectivity index (χ2n) is 2.70. The van der Waals surface area contributed by atoms with Gasteiger partial charge in [-0.2, -0.15) is 5.10 Å². The third-order valence-corrected chi connectivity index (χ3v) is 1.73. The molecule has 1 heterocycles. The van der Waals surface area contributed by atoms with Crippen LogP contribution in [-0.2, 0) is 16.0 Å². The number of hydrogen-bond donors (Lipinski definition) is 0. The molecule has 0 aliphatic carbocycles. The number of carbonyl (C=O) groups excluding carboxylic acids is 1. The minimum atomic E-state index is -0.320. The van der Waals surface area contributed by atoms with Gasteiger partial charge in [0, 0.05) is 19.9 Å². The fraction of sp³-hybridized carbons (Fsp3) is 0.556. The van der Waals surface area contributed by atoms with Crippen LogP contribution in [0.15, 0.2) is 12.3 Å². The fourth-order valence-electron chi connectivity index (χ4n) is 1.08. The van der Waals surface area contributed by atoms with E-state index in [0.29, 0.717) is 25.1 Å². The SMILES string of the molecule is CCOC(Cn1ccc(C=O)n1)OC. The van der Waals surface area contributed by atoms with Gasteiger partial charge < -0.3 is 9.47 Å². The lowest BCUT2D eigenvalue weighted by Crippen LogP contribution is -2.22. The van der Waals surface area contributed by atoms with Crippen LogP contribution in [0.5, 0.6) is 0 Å². The molecule has 78 valence electrons. The van der Waals surface area contributed by atoms with Gasteiger partial charge in [-0.3, -0.25) is 9.48 Å². The van der Waals surface area contributed by atoms with Crippen molar-refractivity contribution in [2.45, 2.75) is 19.8 Å². The number of carbonyl (C=O) groups is 1. The molecule has 5 nitrogen and oxygen atoms in total. The van der Waals surface area contributed by atoms with Gasteiger partial charge in [0.15, 0.2) is 12.6 Å². The number of aromatic nitrogens is 2. The molecule has 0 aromatic carbocycles. The molecule has 0 amide bonds. The van der Waals surface area contributed by atoms with Gasteiger partial charge in [-0.15, -0.1) is 0 Å². The smallest absolute Gasteiger partial charge is 0.176 e. The van der Waals surface area contributed by atoms with E-state index in [4.69, 9.17) is 9.47 Å². The van der Waals surface area contributed by atoms with E-state index in [0.717, 1.165) is 0 Å². The summed E-state index contributed by atoms with van der Waals surface area (Å²) in [5, 5.41) is 3.99. The van der Waals surface area contributed by atoms with Crippen molar-refractivity contribution < 1.29 is 14.3 Å². The summed E-state index contributed by atoms with van der Waals surface area (Å²) in [6.07, 6.45) is 2.10. The standard InChI is InChI=1S/C9H14N2O3/c1-3-14-9(13-2)6-11-5-4-8(7-12)10-11/h4-5,7,9H,3,6H2,1-2H3. The Labute approximate surface area is 82.6 Å². The van der Waals surface area contributed by atoms with Crippen molar-refractivity contribution in [3.63, 3.8) is 0 Å². The second kappa shape index (κ2) is 5.51. The highest BCUT2D eigenvalue weighted by Gasteiger charge is 2.08. The molecule has 14 heavy (non-hydrogen) atoms. The molecule has 1 unspecified atom stereocenters. The highest BCUT2D eigenvalue weighted by atomic mass is 16.7. The van der Waals surface area contributed by atoms with Gasteiger partial charge in [0.1, 0.15) is 5.69 Å². The summed E-state index contributed by atoms with van der Waals surface area (Å²) in [6, 6.07) is 1.64. The molecular formula is C9H14N2O3. The zero-order valence-electron chi connectivity index (χ0n) is 8.34. The van der Waals surface area contributed by atoms with Crippen LogP contribution >= 0.6 is 0 Å². The molecule has 5 heteroatoms. The van der Waals surface area contributed by atoms with E-state index in [1.807, 2.05) is 6.92 Å². The van der Waals surface area contributed by atoms with Crippen molar-refractivity contribution >= 4 is 6.29 Å². The molecule has 0 radical (unpaired) electrons. The second-order valence-corrected chi connectivity index (χ2v) is 2.70. The van der Waals surface area contributed by atoms with Gasteiger partial charge in [-0.25, -0.2) is 0 Å². The van der Waals surface area contributed by atoms with E-state index >= 15 is 0 Å². The van der Waals surface area contributed by atoms with E-state index in [-0.39, 0.29) is 6.29 Å². The summed E-state index contributed by atoms with van der Waals surface area (Å²) in [5.74, 6) is 0. The van der Waals surface area contributed by atoms with Crippen LogP contribution in [0.3, 0.4) is 0 Å². The summed E-state index contributed by atoms with van der Waals surface area (Å²) in [4.78, 5) is 10.4. The maximum Gasteiger partial charge on any atom is 0.176 e. The summed E-state index contributed by atoms with van der Waals surface area (Å²) < 4.78 is 12.0. The molecule has 0 N–H and O–H groups in total. The lowest BCUT2D eigenvalue weighted by molar-refractivity contribution is -0.129. The monoisotopic (exact) mass is 198 g/mol. The van der Waals surface area contributed by atoms with Gasteiger partial charge in [0.05, 0.1) is 6.54 Å². The quantitative estimate of drug-likeness (QED) is 0.499. The van der Waals surface area contributed by atoms with Crippen molar-refractivity contribution in [1.82, 2.24) is 9.78 Å². The van der Waals surface area contributed by atoms with Crippen LogP contribution in [0.2, 0.25) is 0 Å². The molecule has 0 fully saturated rings. The average molecular weight is 198 g/mol. The van der Waals surface area contributed by atoms with Gasteiger partial charge in [-0.1, -0.05) is 0 Å². The third-order valence-electron chi connectivity index (χ3n) is 1.73. The maximum absolute atomic E-state index is 10.4. The lowest BCUT2D eigenvalue weighted by atomic mass is 10.5. The minimum Gasteiger partial charge on any atom is -0.354 e. The number of rotatable bonds is 6. The number of aldehydes is 1. The van der Waals surface area contributed by atoms with Gasteiger partial charge in [0.2, 0.25) is 0 Å². The Morgan fingerprint density at radius 1 is 1.71 bits per heavy atom. The molecule has 1 atom stereocenters. The van der Waals surface area contributed by atoms with Crippen LogP contribution in [0.25, 0.3) is 0 Å². The van der Waals surface area contributed by atoms with Gasteiger partial charge in [0.25, 0.3) is 0 Å². The van der Waals surface area contributed by atoms with Crippen LogP contribution in [0.4, 0.5) is 0 Å². The Morgan fingerprint density at radius 2 is 2.50 bits per heavy atom. The van der Waals surface area contributed by atoms with E-state index < -0.39 is 0 Å². The lowest BCUT2D eigenvalue weighted by Gasteiger charge is -2.14. The predicted octanol–water partition coefficient (Wildman–Crippen LogP) is 0.705. The first-order valence-corrected chi connectivity index (χ1v) is 4.43. The molecule has 1 aromatic rings. The summed E-state index contributed by atoms with van der Waals surface area (Å²) in [6.45, 7) is 2.96. The largest absolute Gasteiger partial charge is 0.354 e. The van der Waals surface area contributed by atoms with E-state index in [1.165, 1.54) is 0 Å². The van der Waals surface area contributed by atoms with Crippen molar-refractivity contribution in [3.05, 3.63) is 18.0 Å². The van der Waals surface area contributed by atoms with Crippen LogP contribution < -0.4 is 0 Å².